The summed E-state index contributed by atoms with van der Waals surface area (Å²) in [6, 6.07) is 12.0. The molecule has 0 unspecified atom stereocenters. The molecule has 29 heavy (non-hydrogen) atoms. The van der Waals surface area contributed by atoms with Crippen molar-refractivity contribution in [2.45, 2.75) is 20.3 Å². The van der Waals surface area contributed by atoms with E-state index in [9.17, 15) is 10.1 Å². The fraction of sp³-hybridized carbons (Fsp3) is 0.273. The van der Waals surface area contributed by atoms with Gasteiger partial charge < -0.3 is 14.8 Å². The molecule has 0 heterocycles. The van der Waals surface area contributed by atoms with E-state index >= 15 is 0 Å². The van der Waals surface area contributed by atoms with Crippen LogP contribution in [0.4, 0.5) is 5.69 Å². The van der Waals surface area contributed by atoms with Gasteiger partial charge in [0.1, 0.15) is 11.6 Å². The summed E-state index contributed by atoms with van der Waals surface area (Å²) in [5.74, 6) is 1.05. The van der Waals surface area contributed by atoms with E-state index in [0.29, 0.717) is 29.6 Å². The summed E-state index contributed by atoms with van der Waals surface area (Å²) in [5, 5.41) is 12.6. The van der Waals surface area contributed by atoms with E-state index < -0.39 is 5.91 Å². The topological polar surface area (TPSA) is 71.3 Å². The largest absolute Gasteiger partial charge is 0.493 e. The molecule has 5 nitrogen and oxygen atoms in total. The summed E-state index contributed by atoms with van der Waals surface area (Å²) in [5.41, 5.74) is 0.778. The average molecular weight is 433 g/mol. The number of hydrogen-bond donors (Lipinski definition) is 1. The molecule has 0 bridgehead atoms. The summed E-state index contributed by atoms with van der Waals surface area (Å²) in [6.45, 7) is 4.82. The molecule has 152 valence electrons. The van der Waals surface area contributed by atoms with Gasteiger partial charge in [0, 0.05) is 0 Å². The molecule has 0 aliphatic heterocycles. The summed E-state index contributed by atoms with van der Waals surface area (Å²) >= 11 is 12.1. The zero-order valence-electron chi connectivity index (χ0n) is 16.5. The zero-order valence-corrected chi connectivity index (χ0v) is 18.0. The molecular weight excluding hydrogens is 411 g/mol. The van der Waals surface area contributed by atoms with Crippen LogP contribution in [0.15, 0.2) is 42.0 Å². The molecule has 0 radical (unpaired) electrons. The van der Waals surface area contributed by atoms with Crippen LogP contribution >= 0.6 is 23.2 Å². The van der Waals surface area contributed by atoms with Crippen LogP contribution in [0.5, 0.6) is 11.5 Å². The van der Waals surface area contributed by atoms with Gasteiger partial charge in [-0.25, -0.2) is 0 Å². The van der Waals surface area contributed by atoms with Crippen molar-refractivity contribution in [1.29, 1.82) is 5.26 Å². The van der Waals surface area contributed by atoms with Crippen molar-refractivity contribution in [2.75, 3.05) is 19.0 Å². The minimum Gasteiger partial charge on any atom is -0.493 e. The molecule has 7 heteroatoms. The number of ether oxygens (including phenoxy) is 2. The maximum absolute atomic E-state index is 12.5. The Kier molecular flexibility index (Phi) is 8.38. The Bertz CT molecular complexity index is 929. The van der Waals surface area contributed by atoms with Crippen LogP contribution in [0, 0.1) is 17.2 Å². The molecule has 2 aromatic rings. The van der Waals surface area contributed by atoms with Crippen LogP contribution in [0.2, 0.25) is 10.0 Å². The Labute approximate surface area is 180 Å². The third kappa shape index (κ3) is 6.42. The van der Waals surface area contributed by atoms with Crippen molar-refractivity contribution in [3.8, 4) is 17.6 Å². The van der Waals surface area contributed by atoms with Crippen molar-refractivity contribution in [2.24, 2.45) is 5.92 Å². The summed E-state index contributed by atoms with van der Waals surface area (Å²) in [7, 11) is 1.54. The van der Waals surface area contributed by atoms with E-state index in [-0.39, 0.29) is 21.3 Å². The van der Waals surface area contributed by atoms with Crippen molar-refractivity contribution in [1.82, 2.24) is 0 Å². The van der Waals surface area contributed by atoms with Gasteiger partial charge in [-0.2, -0.15) is 5.26 Å². The van der Waals surface area contributed by atoms with Gasteiger partial charge in [0.05, 0.1) is 29.4 Å². The van der Waals surface area contributed by atoms with Crippen LogP contribution in [-0.4, -0.2) is 19.6 Å². The van der Waals surface area contributed by atoms with E-state index in [4.69, 9.17) is 32.7 Å². The monoisotopic (exact) mass is 432 g/mol. The number of amides is 1. The number of carbonyl (C=O) groups is 1. The minimum atomic E-state index is -0.612. The van der Waals surface area contributed by atoms with Gasteiger partial charge in [0.2, 0.25) is 0 Å². The standard InChI is InChI=1S/C22H22Cl2N2O3/c1-14(2)9-10-29-19-8-7-15(12-20(19)28-3)11-16(13-25)22(27)26-21-17(23)5-4-6-18(21)24/h4-8,11-12,14H,9-10H2,1-3H3,(H,26,27)/b16-11+. The highest BCUT2D eigenvalue weighted by atomic mass is 35.5. The van der Waals surface area contributed by atoms with Gasteiger partial charge in [0.15, 0.2) is 11.5 Å². The summed E-state index contributed by atoms with van der Waals surface area (Å²) in [6.07, 6.45) is 2.38. The molecule has 1 amide bonds. The molecule has 0 fully saturated rings. The third-order valence-electron chi connectivity index (χ3n) is 4.02. The number of rotatable bonds is 8. The first-order valence-electron chi connectivity index (χ1n) is 9.03. The fourth-order valence-corrected chi connectivity index (χ4v) is 2.90. The number of hydrogen-bond acceptors (Lipinski definition) is 4. The molecule has 0 saturated carbocycles. The van der Waals surface area contributed by atoms with Crippen molar-refractivity contribution in [3.05, 3.63) is 57.6 Å². The van der Waals surface area contributed by atoms with E-state index in [0.717, 1.165) is 6.42 Å². The Balaban J connectivity index is 2.21. The van der Waals surface area contributed by atoms with E-state index in [1.54, 1.807) is 36.4 Å². The molecule has 0 aliphatic carbocycles. The molecular formula is C22H22Cl2N2O3. The Morgan fingerprint density at radius 2 is 1.90 bits per heavy atom. The Morgan fingerprint density at radius 3 is 2.48 bits per heavy atom. The van der Waals surface area contributed by atoms with Gasteiger partial charge in [-0.15, -0.1) is 0 Å². The average Bonchev–Trinajstić information content (AvgIpc) is 2.69. The van der Waals surface area contributed by atoms with Crippen LogP contribution in [-0.2, 0) is 4.79 Å². The van der Waals surface area contributed by atoms with Crippen molar-refractivity contribution >= 4 is 40.9 Å². The summed E-state index contributed by atoms with van der Waals surface area (Å²) < 4.78 is 11.1. The highest BCUT2D eigenvalue weighted by Crippen LogP contribution is 2.31. The number of carbonyl (C=O) groups excluding carboxylic acids is 1. The highest BCUT2D eigenvalue weighted by molar-refractivity contribution is 6.40. The normalized spacial score (nSPS) is 11.1. The van der Waals surface area contributed by atoms with Crippen LogP contribution in [0.3, 0.4) is 0 Å². The second-order valence-corrected chi connectivity index (χ2v) is 7.48. The molecule has 2 rings (SSSR count). The molecule has 0 aliphatic rings. The predicted molar refractivity (Wildman–Crippen MR) is 117 cm³/mol. The van der Waals surface area contributed by atoms with Crippen molar-refractivity contribution < 1.29 is 14.3 Å². The number of nitrogens with one attached hydrogen (secondary N) is 1. The lowest BCUT2D eigenvalue weighted by Crippen LogP contribution is -2.14. The van der Waals surface area contributed by atoms with E-state index in [2.05, 4.69) is 19.2 Å². The zero-order chi connectivity index (χ0) is 21.4. The van der Waals surface area contributed by atoms with Crippen LogP contribution in [0.1, 0.15) is 25.8 Å². The first-order valence-corrected chi connectivity index (χ1v) is 9.79. The maximum atomic E-state index is 12.5. The molecule has 0 saturated heterocycles. The number of methoxy groups -OCH3 is 1. The van der Waals surface area contributed by atoms with Gasteiger partial charge >= 0.3 is 0 Å². The number of para-hydroxylation sites is 1. The SMILES string of the molecule is COc1cc(/C=C(\C#N)C(=O)Nc2c(Cl)cccc2Cl)ccc1OCCC(C)C. The lowest BCUT2D eigenvalue weighted by atomic mass is 10.1. The maximum Gasteiger partial charge on any atom is 0.266 e. The van der Waals surface area contributed by atoms with Crippen LogP contribution < -0.4 is 14.8 Å². The Morgan fingerprint density at radius 1 is 1.21 bits per heavy atom. The van der Waals surface area contributed by atoms with Gasteiger partial charge in [-0.05, 0) is 48.2 Å². The molecule has 2 aromatic carbocycles. The highest BCUT2D eigenvalue weighted by Gasteiger charge is 2.14. The molecule has 1 N–H and O–H groups in total. The molecule has 0 aromatic heterocycles. The van der Waals surface area contributed by atoms with Gasteiger partial charge in [-0.1, -0.05) is 49.2 Å². The quantitative estimate of drug-likeness (QED) is 0.411. The lowest BCUT2D eigenvalue weighted by molar-refractivity contribution is -0.112. The number of nitriles is 1. The number of anilines is 1. The van der Waals surface area contributed by atoms with E-state index in [1.165, 1.54) is 13.2 Å². The predicted octanol–water partition coefficient (Wildman–Crippen LogP) is 5.97. The Hall–Kier alpha value is -2.68. The third-order valence-corrected chi connectivity index (χ3v) is 4.65. The summed E-state index contributed by atoms with van der Waals surface area (Å²) in [4.78, 5) is 12.5. The van der Waals surface area contributed by atoms with Crippen molar-refractivity contribution in [3.63, 3.8) is 0 Å². The van der Waals surface area contributed by atoms with E-state index in [1.807, 2.05) is 6.07 Å². The number of nitrogens with zero attached hydrogens (tertiary/aromatic N) is 1. The fourth-order valence-electron chi connectivity index (χ4n) is 2.41. The molecule has 0 atom stereocenters. The second kappa shape index (κ2) is 10.8. The lowest BCUT2D eigenvalue weighted by Gasteiger charge is -2.12. The number of benzene rings is 2. The molecule has 0 spiro atoms. The first kappa shape index (κ1) is 22.6. The smallest absolute Gasteiger partial charge is 0.266 e. The van der Waals surface area contributed by atoms with Crippen LogP contribution in [0.25, 0.3) is 6.08 Å². The second-order valence-electron chi connectivity index (χ2n) is 6.66. The van der Waals surface area contributed by atoms with Gasteiger partial charge in [-0.3, -0.25) is 4.79 Å². The first-order chi connectivity index (χ1) is 13.8. The number of halogens is 2. The minimum absolute atomic E-state index is 0.100. The van der Waals surface area contributed by atoms with Gasteiger partial charge in [0.25, 0.3) is 5.91 Å².